The third kappa shape index (κ3) is 2.99. The topological polar surface area (TPSA) is 101 Å². The monoisotopic (exact) mass is 273 g/mol. The number of aromatic nitrogens is 4. The summed E-state index contributed by atoms with van der Waals surface area (Å²) in [7, 11) is -3.61. The number of H-pyrrole nitrogens is 1. The van der Waals surface area contributed by atoms with Crippen LogP contribution in [0.4, 0.5) is 0 Å². The second-order valence-electron chi connectivity index (χ2n) is 3.11. The van der Waals surface area contributed by atoms with Crippen LogP contribution in [0.3, 0.4) is 0 Å². The van der Waals surface area contributed by atoms with Crippen molar-refractivity contribution in [3.63, 3.8) is 0 Å². The molecule has 2 rings (SSSR count). The van der Waals surface area contributed by atoms with Crippen molar-refractivity contribution < 1.29 is 8.42 Å². The SMILES string of the molecule is O=S(=O)(NCc1nn[nH]n1)c1cccc(Cl)c1. The van der Waals surface area contributed by atoms with Crippen LogP contribution in [0.15, 0.2) is 29.2 Å². The van der Waals surface area contributed by atoms with Gasteiger partial charge < -0.3 is 0 Å². The highest BCUT2D eigenvalue weighted by Crippen LogP contribution is 2.15. The number of hydrogen-bond donors (Lipinski definition) is 2. The van der Waals surface area contributed by atoms with Gasteiger partial charge in [-0.2, -0.15) is 5.21 Å². The smallest absolute Gasteiger partial charge is 0.207 e. The van der Waals surface area contributed by atoms with E-state index in [9.17, 15) is 8.42 Å². The molecule has 0 spiro atoms. The molecule has 0 fully saturated rings. The number of benzene rings is 1. The van der Waals surface area contributed by atoms with Crippen LogP contribution in [0.5, 0.6) is 0 Å². The van der Waals surface area contributed by atoms with Gasteiger partial charge in [0.25, 0.3) is 0 Å². The lowest BCUT2D eigenvalue weighted by Gasteiger charge is -2.04. The largest absolute Gasteiger partial charge is 0.241 e. The predicted octanol–water partition coefficient (Wildman–Crippen LogP) is 0.332. The Morgan fingerprint density at radius 1 is 1.41 bits per heavy atom. The molecular weight excluding hydrogens is 266 g/mol. The van der Waals surface area contributed by atoms with Crippen LogP contribution in [0.25, 0.3) is 0 Å². The summed E-state index contributed by atoms with van der Waals surface area (Å²) in [6.07, 6.45) is 0. The summed E-state index contributed by atoms with van der Waals surface area (Å²) in [6, 6.07) is 5.97. The number of hydrogen-bond acceptors (Lipinski definition) is 5. The van der Waals surface area contributed by atoms with E-state index in [1.807, 2.05) is 0 Å². The maximum atomic E-state index is 11.8. The number of aromatic amines is 1. The molecule has 0 aliphatic heterocycles. The molecule has 0 aliphatic rings. The lowest BCUT2D eigenvalue weighted by Crippen LogP contribution is -2.23. The van der Waals surface area contributed by atoms with Crippen LogP contribution < -0.4 is 4.72 Å². The van der Waals surface area contributed by atoms with E-state index in [1.54, 1.807) is 12.1 Å². The second-order valence-corrected chi connectivity index (χ2v) is 5.31. The highest BCUT2D eigenvalue weighted by Gasteiger charge is 2.14. The molecule has 0 aliphatic carbocycles. The minimum atomic E-state index is -3.61. The number of nitrogens with zero attached hydrogens (tertiary/aromatic N) is 3. The molecule has 0 saturated carbocycles. The van der Waals surface area contributed by atoms with Gasteiger partial charge in [-0.05, 0) is 18.2 Å². The zero-order valence-corrected chi connectivity index (χ0v) is 10.0. The Hall–Kier alpha value is -1.51. The first-order valence-electron chi connectivity index (χ1n) is 4.55. The third-order valence-corrected chi connectivity index (χ3v) is 3.55. The summed E-state index contributed by atoms with van der Waals surface area (Å²) in [5.41, 5.74) is 0. The quantitative estimate of drug-likeness (QED) is 0.836. The molecule has 0 saturated heterocycles. The zero-order valence-electron chi connectivity index (χ0n) is 8.46. The average molecular weight is 274 g/mol. The number of sulfonamides is 1. The highest BCUT2D eigenvalue weighted by atomic mass is 35.5. The molecule has 17 heavy (non-hydrogen) atoms. The van der Waals surface area contributed by atoms with E-state index in [0.29, 0.717) is 5.02 Å². The van der Waals surface area contributed by atoms with Crippen LogP contribution in [-0.2, 0) is 16.6 Å². The fourth-order valence-electron chi connectivity index (χ4n) is 1.13. The Morgan fingerprint density at radius 3 is 2.88 bits per heavy atom. The first-order valence-corrected chi connectivity index (χ1v) is 6.41. The van der Waals surface area contributed by atoms with Crippen molar-refractivity contribution in [2.75, 3.05) is 0 Å². The minimum Gasteiger partial charge on any atom is -0.207 e. The molecular formula is C8H8ClN5O2S. The molecule has 0 atom stereocenters. The molecule has 0 bridgehead atoms. The summed E-state index contributed by atoms with van der Waals surface area (Å²) >= 11 is 5.72. The molecule has 2 N–H and O–H groups in total. The van der Waals surface area contributed by atoms with Gasteiger partial charge in [0, 0.05) is 5.02 Å². The molecule has 9 heteroatoms. The van der Waals surface area contributed by atoms with Crippen LogP contribution in [0.2, 0.25) is 5.02 Å². The van der Waals surface area contributed by atoms with Crippen molar-refractivity contribution in [3.8, 4) is 0 Å². The van der Waals surface area contributed by atoms with Gasteiger partial charge in [-0.25, -0.2) is 13.1 Å². The maximum absolute atomic E-state index is 11.8. The van der Waals surface area contributed by atoms with Crippen LogP contribution in [0.1, 0.15) is 5.82 Å². The number of tetrazole rings is 1. The normalized spacial score (nSPS) is 11.6. The van der Waals surface area contributed by atoms with Crippen molar-refractivity contribution in [2.24, 2.45) is 0 Å². The van der Waals surface area contributed by atoms with Gasteiger partial charge >= 0.3 is 0 Å². The molecule has 1 aromatic heterocycles. The summed E-state index contributed by atoms with van der Waals surface area (Å²) in [4.78, 5) is 0.0912. The van der Waals surface area contributed by atoms with Gasteiger partial charge in [-0.1, -0.05) is 22.9 Å². The summed E-state index contributed by atoms with van der Waals surface area (Å²) in [6.45, 7) is -0.0364. The van der Waals surface area contributed by atoms with Gasteiger partial charge in [0.1, 0.15) is 0 Å². The molecule has 1 heterocycles. The van der Waals surface area contributed by atoms with Crippen molar-refractivity contribution in [2.45, 2.75) is 11.4 Å². The third-order valence-electron chi connectivity index (χ3n) is 1.92. The van der Waals surface area contributed by atoms with E-state index in [-0.39, 0.29) is 17.3 Å². The molecule has 0 radical (unpaired) electrons. The Labute approximate surface area is 102 Å². The Morgan fingerprint density at radius 2 is 2.24 bits per heavy atom. The molecule has 0 unspecified atom stereocenters. The van der Waals surface area contributed by atoms with Gasteiger partial charge in [0.2, 0.25) is 10.0 Å². The van der Waals surface area contributed by atoms with Crippen molar-refractivity contribution in [3.05, 3.63) is 35.1 Å². The van der Waals surface area contributed by atoms with Gasteiger partial charge in [0.15, 0.2) is 5.82 Å². The number of rotatable bonds is 4. The van der Waals surface area contributed by atoms with Crippen LogP contribution in [0, 0.1) is 0 Å². The Balaban J connectivity index is 2.14. The molecule has 7 nitrogen and oxygen atoms in total. The second kappa shape index (κ2) is 4.78. The molecule has 0 amide bonds. The fraction of sp³-hybridized carbons (Fsp3) is 0.125. The van der Waals surface area contributed by atoms with Gasteiger partial charge in [-0.15, -0.1) is 10.2 Å². The predicted molar refractivity (Wildman–Crippen MR) is 59.7 cm³/mol. The average Bonchev–Trinajstić information content (AvgIpc) is 2.79. The Kier molecular flexibility index (Phi) is 3.36. The van der Waals surface area contributed by atoms with Crippen molar-refractivity contribution >= 4 is 21.6 Å². The number of nitrogens with one attached hydrogen (secondary N) is 2. The molecule has 90 valence electrons. The van der Waals surface area contributed by atoms with E-state index < -0.39 is 10.0 Å². The zero-order chi connectivity index (χ0) is 12.3. The minimum absolute atomic E-state index is 0.0364. The van der Waals surface area contributed by atoms with E-state index in [1.165, 1.54) is 12.1 Å². The lowest BCUT2D eigenvalue weighted by molar-refractivity contribution is 0.579. The van der Waals surface area contributed by atoms with Gasteiger partial charge in [-0.3, -0.25) is 0 Å². The summed E-state index contributed by atoms with van der Waals surface area (Å²) in [5.74, 6) is 0.260. The maximum Gasteiger partial charge on any atom is 0.241 e. The summed E-state index contributed by atoms with van der Waals surface area (Å²) in [5, 5.41) is 13.2. The standard InChI is InChI=1S/C8H8ClN5O2S/c9-6-2-1-3-7(4-6)17(15,16)10-5-8-11-13-14-12-8/h1-4,10H,5H2,(H,11,12,13,14). The molecule has 2 aromatic rings. The van der Waals surface area contributed by atoms with Crippen molar-refractivity contribution in [1.29, 1.82) is 0 Å². The van der Waals surface area contributed by atoms with E-state index >= 15 is 0 Å². The first-order chi connectivity index (χ1) is 8.08. The van der Waals surface area contributed by atoms with Crippen LogP contribution >= 0.6 is 11.6 Å². The van der Waals surface area contributed by atoms with Crippen molar-refractivity contribution in [1.82, 2.24) is 25.3 Å². The van der Waals surface area contributed by atoms with E-state index in [4.69, 9.17) is 11.6 Å². The Bertz CT molecular complexity index is 598. The van der Waals surface area contributed by atoms with E-state index in [2.05, 4.69) is 25.3 Å². The highest BCUT2D eigenvalue weighted by molar-refractivity contribution is 7.89. The first kappa shape index (κ1) is 12.0. The molecule has 1 aromatic carbocycles. The fourth-order valence-corrected chi connectivity index (χ4v) is 2.42. The lowest BCUT2D eigenvalue weighted by atomic mass is 10.4. The summed E-state index contributed by atoms with van der Waals surface area (Å²) < 4.78 is 26.0. The van der Waals surface area contributed by atoms with Gasteiger partial charge in [0.05, 0.1) is 11.4 Å². The number of halogens is 1. The van der Waals surface area contributed by atoms with Crippen LogP contribution in [-0.4, -0.2) is 29.0 Å². The van der Waals surface area contributed by atoms with E-state index in [0.717, 1.165) is 0 Å².